The van der Waals surface area contributed by atoms with Crippen LogP contribution in [0, 0.1) is 0 Å². The highest BCUT2D eigenvalue weighted by molar-refractivity contribution is 5.70. The Labute approximate surface area is 103 Å². The van der Waals surface area contributed by atoms with Gasteiger partial charge in [0.25, 0.3) is 0 Å². The standard InChI is InChI=1S/C9H10O3.C4H12N/c10-8(9(11)12)6-7-4-2-1-3-5-7;1-5(2,3)4/h1-5,8,10H,6H2,(H,11,12);1-4H3/q;+1/p-1. The van der Waals surface area contributed by atoms with Crippen LogP contribution in [0.25, 0.3) is 0 Å². The summed E-state index contributed by atoms with van der Waals surface area (Å²) < 4.78 is 1.00. The summed E-state index contributed by atoms with van der Waals surface area (Å²) in [5.74, 6) is -1.43. The average molecular weight is 239 g/mol. The highest BCUT2D eigenvalue weighted by Crippen LogP contribution is 2.01. The number of benzene rings is 1. The smallest absolute Gasteiger partial charge is 0.0973 e. The van der Waals surface area contributed by atoms with Gasteiger partial charge < -0.3 is 19.5 Å². The highest BCUT2D eigenvalue weighted by Gasteiger charge is 2.04. The zero-order chi connectivity index (χ0) is 13.5. The first-order chi connectivity index (χ1) is 7.70. The normalized spacial score (nSPS) is 12.3. The fraction of sp³-hybridized carbons (Fsp3) is 0.462. The molecular weight excluding hydrogens is 218 g/mol. The van der Waals surface area contributed by atoms with Gasteiger partial charge in [-0.2, -0.15) is 0 Å². The third kappa shape index (κ3) is 10.9. The van der Waals surface area contributed by atoms with Crippen molar-refractivity contribution in [3.05, 3.63) is 35.9 Å². The van der Waals surface area contributed by atoms with Gasteiger partial charge in [-0.05, 0) is 5.56 Å². The summed E-state index contributed by atoms with van der Waals surface area (Å²) in [5.41, 5.74) is 0.786. The zero-order valence-corrected chi connectivity index (χ0v) is 10.9. The molecule has 0 heterocycles. The summed E-state index contributed by atoms with van der Waals surface area (Å²) in [6.07, 6.45) is -1.31. The number of aliphatic hydroxyl groups is 1. The van der Waals surface area contributed by atoms with Gasteiger partial charge in [0, 0.05) is 6.42 Å². The first-order valence-electron chi connectivity index (χ1n) is 5.42. The molecular formula is C13H21NO3. The van der Waals surface area contributed by atoms with Crippen LogP contribution in [0.3, 0.4) is 0 Å². The van der Waals surface area contributed by atoms with Gasteiger partial charge >= 0.3 is 0 Å². The molecule has 1 aromatic carbocycles. The Morgan fingerprint density at radius 3 is 2.00 bits per heavy atom. The number of hydrogen-bond acceptors (Lipinski definition) is 3. The topological polar surface area (TPSA) is 60.4 Å². The van der Waals surface area contributed by atoms with Crippen LogP contribution in [0.15, 0.2) is 30.3 Å². The number of quaternary nitrogens is 1. The van der Waals surface area contributed by atoms with Crippen LogP contribution in [0.2, 0.25) is 0 Å². The van der Waals surface area contributed by atoms with Crippen molar-refractivity contribution in [1.82, 2.24) is 0 Å². The van der Waals surface area contributed by atoms with E-state index in [-0.39, 0.29) is 6.42 Å². The lowest BCUT2D eigenvalue weighted by atomic mass is 10.1. The van der Waals surface area contributed by atoms with Crippen LogP contribution >= 0.6 is 0 Å². The van der Waals surface area contributed by atoms with Gasteiger partial charge in [-0.25, -0.2) is 0 Å². The van der Waals surface area contributed by atoms with E-state index in [0.29, 0.717) is 0 Å². The van der Waals surface area contributed by atoms with Crippen LogP contribution in [0.4, 0.5) is 0 Å². The molecule has 96 valence electrons. The van der Waals surface area contributed by atoms with E-state index in [1.807, 2.05) is 6.07 Å². The van der Waals surface area contributed by atoms with E-state index in [2.05, 4.69) is 28.2 Å². The van der Waals surface area contributed by atoms with Crippen LogP contribution in [0.5, 0.6) is 0 Å². The first kappa shape index (κ1) is 15.6. The van der Waals surface area contributed by atoms with E-state index in [4.69, 9.17) is 5.11 Å². The van der Waals surface area contributed by atoms with E-state index < -0.39 is 12.1 Å². The van der Waals surface area contributed by atoms with Crippen molar-refractivity contribution in [2.75, 3.05) is 28.2 Å². The van der Waals surface area contributed by atoms with Crippen molar-refractivity contribution < 1.29 is 19.5 Å². The fourth-order valence-electron chi connectivity index (χ4n) is 0.921. The van der Waals surface area contributed by atoms with E-state index in [9.17, 15) is 9.90 Å². The SMILES string of the molecule is C[N+](C)(C)C.O=C([O-])C(O)Cc1ccccc1. The molecule has 0 amide bonds. The summed E-state index contributed by atoms with van der Waals surface area (Å²) >= 11 is 0. The van der Waals surface area contributed by atoms with Gasteiger partial charge in [-0.15, -0.1) is 0 Å². The molecule has 1 rings (SSSR count). The van der Waals surface area contributed by atoms with Crippen molar-refractivity contribution in [2.24, 2.45) is 0 Å². The molecule has 1 N–H and O–H groups in total. The zero-order valence-electron chi connectivity index (χ0n) is 10.9. The van der Waals surface area contributed by atoms with Crippen LogP contribution in [0.1, 0.15) is 5.56 Å². The molecule has 1 aromatic rings. The molecule has 1 atom stereocenters. The third-order valence-corrected chi connectivity index (χ3v) is 1.54. The van der Waals surface area contributed by atoms with Gasteiger partial charge in [0.05, 0.1) is 40.3 Å². The Kier molecular flexibility index (Phi) is 6.46. The van der Waals surface area contributed by atoms with Gasteiger partial charge in [0.1, 0.15) is 0 Å². The molecule has 0 aliphatic heterocycles. The molecule has 17 heavy (non-hydrogen) atoms. The van der Waals surface area contributed by atoms with Gasteiger partial charge in [0.2, 0.25) is 0 Å². The van der Waals surface area contributed by atoms with E-state index in [0.717, 1.165) is 10.0 Å². The molecule has 4 nitrogen and oxygen atoms in total. The lowest BCUT2D eigenvalue weighted by Gasteiger charge is -2.14. The number of aliphatic carboxylic acids is 1. The van der Waals surface area contributed by atoms with Crippen molar-refractivity contribution in [3.63, 3.8) is 0 Å². The maximum atomic E-state index is 10.1. The largest absolute Gasteiger partial charge is 0.547 e. The van der Waals surface area contributed by atoms with E-state index >= 15 is 0 Å². The lowest BCUT2D eigenvalue weighted by Crippen LogP contribution is -2.36. The molecule has 4 heteroatoms. The molecule has 0 radical (unpaired) electrons. The molecule has 0 bridgehead atoms. The summed E-state index contributed by atoms with van der Waals surface area (Å²) in [4.78, 5) is 10.1. The quantitative estimate of drug-likeness (QED) is 0.734. The second-order valence-electron chi connectivity index (χ2n) is 5.21. The molecule has 0 aliphatic rings. The number of carbonyl (C=O) groups excluding carboxylic acids is 1. The second kappa shape index (κ2) is 7.04. The minimum absolute atomic E-state index is 0.100. The van der Waals surface area contributed by atoms with Crippen LogP contribution in [-0.2, 0) is 11.2 Å². The minimum Gasteiger partial charge on any atom is -0.547 e. The molecule has 0 saturated carbocycles. The van der Waals surface area contributed by atoms with Crippen molar-refractivity contribution in [2.45, 2.75) is 12.5 Å². The van der Waals surface area contributed by atoms with Gasteiger partial charge in [-0.1, -0.05) is 30.3 Å². The number of aliphatic hydroxyl groups excluding tert-OH is 1. The predicted molar refractivity (Wildman–Crippen MR) is 65.1 cm³/mol. The fourth-order valence-corrected chi connectivity index (χ4v) is 0.921. The Hall–Kier alpha value is -1.39. The van der Waals surface area contributed by atoms with Crippen LogP contribution < -0.4 is 5.11 Å². The average Bonchev–Trinajstić information content (AvgIpc) is 2.16. The molecule has 0 aliphatic carbocycles. The van der Waals surface area contributed by atoms with Crippen molar-refractivity contribution in [3.8, 4) is 0 Å². The number of hydrogen-bond donors (Lipinski definition) is 1. The molecule has 0 spiro atoms. The lowest BCUT2D eigenvalue weighted by molar-refractivity contribution is -0.849. The molecule has 0 aromatic heterocycles. The van der Waals surface area contributed by atoms with Crippen molar-refractivity contribution in [1.29, 1.82) is 0 Å². The number of carboxylic acid groups (broad SMARTS) is 1. The number of carbonyl (C=O) groups is 1. The Morgan fingerprint density at radius 2 is 1.65 bits per heavy atom. The Morgan fingerprint density at radius 1 is 1.24 bits per heavy atom. The number of rotatable bonds is 3. The molecule has 0 fully saturated rings. The Balaban J connectivity index is 0.000000437. The summed E-state index contributed by atoms with van der Waals surface area (Å²) in [5, 5.41) is 19.1. The Bertz CT molecular complexity index is 324. The molecule has 0 saturated heterocycles. The van der Waals surface area contributed by atoms with Crippen LogP contribution in [-0.4, -0.2) is 49.9 Å². The van der Waals surface area contributed by atoms with E-state index in [1.165, 1.54) is 0 Å². The maximum Gasteiger partial charge on any atom is 0.0973 e. The summed E-state index contributed by atoms with van der Waals surface area (Å²) in [7, 11) is 8.50. The predicted octanol–water partition coefficient (Wildman–Crippen LogP) is -0.338. The molecule has 1 unspecified atom stereocenters. The van der Waals surface area contributed by atoms with Gasteiger partial charge in [0.15, 0.2) is 0 Å². The first-order valence-corrected chi connectivity index (χ1v) is 5.42. The van der Waals surface area contributed by atoms with Crippen molar-refractivity contribution >= 4 is 5.97 Å². The maximum absolute atomic E-state index is 10.1. The van der Waals surface area contributed by atoms with Gasteiger partial charge in [-0.3, -0.25) is 0 Å². The summed E-state index contributed by atoms with van der Waals surface area (Å²) in [6.45, 7) is 0. The summed E-state index contributed by atoms with van der Waals surface area (Å²) in [6, 6.07) is 8.92. The highest BCUT2D eigenvalue weighted by atomic mass is 16.4. The minimum atomic E-state index is -1.43. The third-order valence-electron chi connectivity index (χ3n) is 1.54. The monoisotopic (exact) mass is 239 g/mol. The van der Waals surface area contributed by atoms with E-state index in [1.54, 1.807) is 24.3 Å². The number of carboxylic acids is 1. The number of nitrogens with zero attached hydrogens (tertiary/aromatic N) is 1. The second-order valence-corrected chi connectivity index (χ2v) is 5.21.